The average molecular weight is 250 g/mol. The van der Waals surface area contributed by atoms with E-state index in [0.29, 0.717) is 4.88 Å². The van der Waals surface area contributed by atoms with Crippen LogP contribution in [-0.4, -0.2) is 19.0 Å². The van der Waals surface area contributed by atoms with Crippen LogP contribution in [0.2, 0.25) is 0 Å². The van der Waals surface area contributed by atoms with E-state index in [0.717, 1.165) is 36.4 Å². The second-order valence-electron chi connectivity index (χ2n) is 4.42. The van der Waals surface area contributed by atoms with Crippen LogP contribution in [0.1, 0.15) is 33.0 Å². The van der Waals surface area contributed by atoms with Crippen molar-refractivity contribution in [1.29, 1.82) is 0 Å². The number of carbonyl (C=O) groups excluding carboxylic acids is 1. The number of carbonyl (C=O) groups is 1. The Kier molecular flexibility index (Phi) is 2.45. The van der Waals surface area contributed by atoms with Crippen molar-refractivity contribution in [2.75, 3.05) is 13.1 Å². The van der Waals surface area contributed by atoms with Crippen molar-refractivity contribution in [3.05, 3.63) is 27.6 Å². The highest BCUT2D eigenvalue weighted by molar-refractivity contribution is 7.14. The van der Waals surface area contributed by atoms with Crippen molar-refractivity contribution >= 4 is 23.3 Å². The summed E-state index contributed by atoms with van der Waals surface area (Å²) < 4.78 is 5.86. The van der Waals surface area contributed by atoms with Crippen LogP contribution in [0.25, 0.3) is 6.08 Å². The first kappa shape index (κ1) is 10.8. The Morgan fingerprint density at radius 2 is 2.24 bits per heavy atom. The molecule has 17 heavy (non-hydrogen) atoms. The number of piperidine rings is 1. The summed E-state index contributed by atoms with van der Waals surface area (Å²) in [5, 5.41) is 3.33. The molecule has 2 aliphatic rings. The Bertz CT molecular complexity index is 487. The Labute approximate surface area is 103 Å². The smallest absolute Gasteiger partial charge is 0.258 e. The van der Waals surface area contributed by atoms with Crippen molar-refractivity contribution in [1.82, 2.24) is 5.32 Å². The van der Waals surface area contributed by atoms with Crippen LogP contribution in [-0.2, 0) is 10.3 Å². The van der Waals surface area contributed by atoms with Gasteiger partial charge in [0.1, 0.15) is 5.60 Å². The van der Waals surface area contributed by atoms with Gasteiger partial charge in [-0.15, -0.1) is 11.3 Å². The first-order valence-electron chi connectivity index (χ1n) is 5.70. The summed E-state index contributed by atoms with van der Waals surface area (Å²) in [6.45, 7) is 1.88. The van der Waals surface area contributed by atoms with Gasteiger partial charge in [0, 0.05) is 12.8 Å². The molecule has 0 radical (unpaired) electrons. The molecule has 4 nitrogen and oxygen atoms in total. The minimum atomic E-state index is -0.359. The topological polar surface area (TPSA) is 64.4 Å². The fourth-order valence-electron chi connectivity index (χ4n) is 2.47. The maximum Gasteiger partial charge on any atom is 0.258 e. The molecular formula is C12H14N2O2S. The first-order chi connectivity index (χ1) is 8.21. The Hall–Kier alpha value is -1.33. The SMILES string of the molecule is NC(=O)c1cc2c(s1)C1(CCNCC1)OC=C2. The molecule has 1 spiro atoms. The monoisotopic (exact) mass is 250 g/mol. The summed E-state index contributed by atoms with van der Waals surface area (Å²) in [5.74, 6) is -0.359. The lowest BCUT2D eigenvalue weighted by Crippen LogP contribution is -2.41. The second kappa shape index (κ2) is 3.85. The number of nitrogens with one attached hydrogen (secondary N) is 1. The highest BCUT2D eigenvalue weighted by atomic mass is 32.1. The molecule has 90 valence electrons. The predicted molar refractivity (Wildman–Crippen MR) is 66.7 cm³/mol. The standard InChI is InChI=1S/C12H14N2O2S/c13-11(15)9-7-8-1-6-16-12(10(8)17-9)2-4-14-5-3-12/h1,6-7,14H,2-5H2,(H2,13,15). The van der Waals surface area contributed by atoms with Crippen molar-refractivity contribution in [3.63, 3.8) is 0 Å². The molecule has 0 aromatic carbocycles. The molecule has 0 saturated carbocycles. The van der Waals surface area contributed by atoms with Crippen LogP contribution in [0, 0.1) is 0 Å². The molecule has 1 aromatic rings. The number of rotatable bonds is 1. The van der Waals surface area contributed by atoms with E-state index in [1.165, 1.54) is 11.3 Å². The molecule has 1 aromatic heterocycles. The van der Waals surface area contributed by atoms with E-state index in [9.17, 15) is 4.79 Å². The molecule has 0 bridgehead atoms. The van der Waals surface area contributed by atoms with Crippen LogP contribution < -0.4 is 11.1 Å². The lowest BCUT2D eigenvalue weighted by atomic mass is 9.87. The van der Waals surface area contributed by atoms with E-state index < -0.39 is 0 Å². The molecular weight excluding hydrogens is 236 g/mol. The van der Waals surface area contributed by atoms with Gasteiger partial charge >= 0.3 is 0 Å². The zero-order chi connectivity index (χ0) is 11.9. The summed E-state index contributed by atoms with van der Waals surface area (Å²) in [5.41, 5.74) is 6.18. The maximum atomic E-state index is 11.2. The van der Waals surface area contributed by atoms with Crippen LogP contribution in [0.3, 0.4) is 0 Å². The quantitative estimate of drug-likeness (QED) is 0.792. The molecule has 1 saturated heterocycles. The molecule has 2 aliphatic heterocycles. The van der Waals surface area contributed by atoms with E-state index in [1.807, 2.05) is 12.1 Å². The van der Waals surface area contributed by atoms with Crippen molar-refractivity contribution in [3.8, 4) is 0 Å². The molecule has 5 heteroatoms. The van der Waals surface area contributed by atoms with E-state index in [1.54, 1.807) is 6.26 Å². The van der Waals surface area contributed by atoms with Crippen LogP contribution in [0.5, 0.6) is 0 Å². The number of primary amides is 1. The van der Waals surface area contributed by atoms with Crippen LogP contribution in [0.15, 0.2) is 12.3 Å². The zero-order valence-corrected chi connectivity index (χ0v) is 10.2. The van der Waals surface area contributed by atoms with Crippen molar-refractivity contribution in [2.24, 2.45) is 5.73 Å². The molecule has 3 rings (SSSR count). The number of hydrogen-bond acceptors (Lipinski definition) is 4. The summed E-state index contributed by atoms with van der Waals surface area (Å²) in [6.07, 6.45) is 5.52. The Balaban J connectivity index is 2.06. The summed E-state index contributed by atoms with van der Waals surface area (Å²) >= 11 is 1.47. The number of thiophene rings is 1. The summed E-state index contributed by atoms with van der Waals surface area (Å²) in [4.78, 5) is 13.0. The number of fused-ring (bicyclic) bond motifs is 2. The average Bonchev–Trinajstić information content (AvgIpc) is 2.76. The number of amides is 1. The third-order valence-corrected chi connectivity index (χ3v) is 4.72. The van der Waals surface area contributed by atoms with E-state index >= 15 is 0 Å². The van der Waals surface area contributed by atoms with E-state index in [4.69, 9.17) is 10.5 Å². The largest absolute Gasteiger partial charge is 0.489 e. The highest BCUT2D eigenvalue weighted by Gasteiger charge is 2.40. The summed E-state index contributed by atoms with van der Waals surface area (Å²) in [6, 6.07) is 1.87. The lowest BCUT2D eigenvalue weighted by molar-refractivity contribution is -0.00866. The highest BCUT2D eigenvalue weighted by Crippen LogP contribution is 2.44. The van der Waals surface area contributed by atoms with Gasteiger partial charge in [-0.25, -0.2) is 0 Å². The fraction of sp³-hybridized carbons (Fsp3) is 0.417. The van der Waals surface area contributed by atoms with Crippen LogP contribution >= 0.6 is 11.3 Å². The van der Waals surface area contributed by atoms with Crippen LogP contribution in [0.4, 0.5) is 0 Å². The van der Waals surface area contributed by atoms with Gasteiger partial charge < -0.3 is 15.8 Å². The molecule has 0 unspecified atom stereocenters. The fourth-order valence-corrected chi connectivity index (χ4v) is 3.66. The van der Waals surface area contributed by atoms with Gasteiger partial charge in [-0.3, -0.25) is 4.79 Å². The molecule has 1 fully saturated rings. The number of nitrogens with two attached hydrogens (primary N) is 1. The Morgan fingerprint density at radius 1 is 1.47 bits per heavy atom. The van der Waals surface area contributed by atoms with Crippen molar-refractivity contribution < 1.29 is 9.53 Å². The van der Waals surface area contributed by atoms with Crippen molar-refractivity contribution in [2.45, 2.75) is 18.4 Å². The molecule has 0 atom stereocenters. The third-order valence-electron chi connectivity index (χ3n) is 3.37. The third kappa shape index (κ3) is 1.66. The van der Waals surface area contributed by atoms with Gasteiger partial charge in [0.25, 0.3) is 5.91 Å². The number of ether oxygens (including phenoxy) is 1. The number of hydrogen-bond donors (Lipinski definition) is 2. The maximum absolute atomic E-state index is 11.2. The molecule has 3 N–H and O–H groups in total. The minimum Gasteiger partial charge on any atom is -0.489 e. The molecule has 3 heterocycles. The minimum absolute atomic E-state index is 0.242. The summed E-state index contributed by atoms with van der Waals surface area (Å²) in [7, 11) is 0. The second-order valence-corrected chi connectivity index (χ2v) is 5.48. The lowest BCUT2D eigenvalue weighted by Gasteiger charge is -2.38. The molecule has 0 aliphatic carbocycles. The van der Waals surface area contributed by atoms with E-state index in [-0.39, 0.29) is 11.5 Å². The first-order valence-corrected chi connectivity index (χ1v) is 6.52. The van der Waals surface area contributed by atoms with Gasteiger partial charge in [-0.05, 0) is 30.8 Å². The Morgan fingerprint density at radius 3 is 2.94 bits per heavy atom. The van der Waals surface area contributed by atoms with Gasteiger partial charge in [0.2, 0.25) is 0 Å². The normalized spacial score (nSPS) is 20.9. The van der Waals surface area contributed by atoms with Gasteiger partial charge in [-0.1, -0.05) is 0 Å². The van der Waals surface area contributed by atoms with E-state index in [2.05, 4.69) is 5.32 Å². The van der Waals surface area contributed by atoms with Gasteiger partial charge in [0.05, 0.1) is 16.0 Å². The van der Waals surface area contributed by atoms with Gasteiger partial charge in [0.15, 0.2) is 0 Å². The predicted octanol–water partition coefficient (Wildman–Crippen LogP) is 1.43. The zero-order valence-electron chi connectivity index (χ0n) is 9.36. The molecule has 1 amide bonds. The van der Waals surface area contributed by atoms with Gasteiger partial charge in [-0.2, -0.15) is 0 Å².